The summed E-state index contributed by atoms with van der Waals surface area (Å²) in [6, 6.07) is 6.96. The van der Waals surface area contributed by atoms with Gasteiger partial charge in [-0.15, -0.1) is 0 Å². The molecule has 0 aromatic heterocycles. The number of amides is 2. The number of para-hydroxylation sites is 1. The Labute approximate surface area is 124 Å². The van der Waals surface area contributed by atoms with Crippen molar-refractivity contribution >= 4 is 34.8 Å². The van der Waals surface area contributed by atoms with Crippen molar-refractivity contribution in [1.82, 2.24) is 16.2 Å². The fraction of sp³-hybridized carbons (Fsp3) is 0.0909. The molecule has 10 heteroatoms. The first kappa shape index (κ1) is 16.0. The SMILES string of the molecule is N#CCC(=O)NNC(=S)NC(=O)c1ccccc1[N+](=O)[O-]. The monoisotopic (exact) mass is 307 g/mol. The fourth-order valence-corrected chi connectivity index (χ4v) is 1.41. The van der Waals surface area contributed by atoms with Crippen molar-refractivity contribution in [1.29, 1.82) is 5.26 Å². The molecule has 0 spiro atoms. The molecule has 0 saturated carbocycles. The molecule has 9 nitrogen and oxygen atoms in total. The van der Waals surface area contributed by atoms with Crippen LogP contribution in [0.2, 0.25) is 0 Å². The standard InChI is InChI=1S/C11H9N5O4S/c12-6-5-9(17)14-15-11(21)13-10(18)7-3-1-2-4-8(7)16(19)20/h1-4H,5H2,(H,14,17)(H2,13,15,18,21). The molecular weight excluding hydrogens is 298 g/mol. The first-order valence-corrected chi connectivity index (χ1v) is 5.87. The second-order valence-electron chi connectivity index (χ2n) is 3.57. The summed E-state index contributed by atoms with van der Waals surface area (Å²) in [6.07, 6.45) is -0.381. The van der Waals surface area contributed by atoms with Crippen molar-refractivity contribution in [3.8, 4) is 6.07 Å². The number of carbonyl (C=O) groups is 2. The Morgan fingerprint density at radius 1 is 1.33 bits per heavy atom. The van der Waals surface area contributed by atoms with Crippen LogP contribution in [0, 0.1) is 21.4 Å². The van der Waals surface area contributed by atoms with Crippen LogP contribution < -0.4 is 16.2 Å². The molecule has 1 rings (SSSR count). The molecule has 0 fully saturated rings. The number of nitro groups is 1. The number of nitrogens with one attached hydrogen (secondary N) is 3. The zero-order valence-electron chi connectivity index (χ0n) is 10.5. The lowest BCUT2D eigenvalue weighted by Gasteiger charge is -2.09. The van der Waals surface area contributed by atoms with E-state index in [2.05, 4.69) is 16.2 Å². The van der Waals surface area contributed by atoms with Crippen LogP contribution in [0.3, 0.4) is 0 Å². The molecule has 0 aliphatic rings. The van der Waals surface area contributed by atoms with Gasteiger partial charge in [0, 0.05) is 6.07 Å². The number of nitrogens with zero attached hydrogens (tertiary/aromatic N) is 2. The maximum Gasteiger partial charge on any atom is 0.282 e. The van der Waals surface area contributed by atoms with Crippen molar-refractivity contribution in [2.24, 2.45) is 0 Å². The number of hydrazine groups is 1. The minimum Gasteiger partial charge on any atom is -0.297 e. The number of benzene rings is 1. The smallest absolute Gasteiger partial charge is 0.282 e. The van der Waals surface area contributed by atoms with Crippen LogP contribution in [0.4, 0.5) is 5.69 Å². The van der Waals surface area contributed by atoms with Gasteiger partial charge < -0.3 is 0 Å². The quantitative estimate of drug-likeness (QED) is 0.410. The van der Waals surface area contributed by atoms with Gasteiger partial charge in [0.2, 0.25) is 0 Å². The van der Waals surface area contributed by atoms with Crippen LogP contribution in [0.25, 0.3) is 0 Å². The zero-order valence-corrected chi connectivity index (χ0v) is 11.3. The first-order valence-electron chi connectivity index (χ1n) is 5.46. The second kappa shape index (κ2) is 7.51. The van der Waals surface area contributed by atoms with Gasteiger partial charge in [0.25, 0.3) is 17.5 Å². The summed E-state index contributed by atoms with van der Waals surface area (Å²) in [5, 5.41) is 21.0. The van der Waals surface area contributed by atoms with Gasteiger partial charge >= 0.3 is 0 Å². The molecule has 0 radical (unpaired) electrons. The van der Waals surface area contributed by atoms with Crippen molar-refractivity contribution in [3.05, 3.63) is 39.9 Å². The highest BCUT2D eigenvalue weighted by atomic mass is 32.1. The van der Waals surface area contributed by atoms with Gasteiger partial charge in [-0.3, -0.25) is 35.9 Å². The largest absolute Gasteiger partial charge is 0.297 e. The Kier molecular flexibility index (Phi) is 5.72. The van der Waals surface area contributed by atoms with Crippen LogP contribution in [0.15, 0.2) is 24.3 Å². The van der Waals surface area contributed by atoms with Crippen molar-refractivity contribution < 1.29 is 14.5 Å². The average molecular weight is 307 g/mol. The summed E-state index contributed by atoms with van der Waals surface area (Å²) < 4.78 is 0. The zero-order chi connectivity index (χ0) is 15.8. The average Bonchev–Trinajstić information content (AvgIpc) is 2.45. The molecule has 0 atom stereocenters. The summed E-state index contributed by atoms with van der Waals surface area (Å²) in [5.74, 6) is -1.44. The second-order valence-corrected chi connectivity index (χ2v) is 3.97. The molecular formula is C11H9N5O4S. The number of carbonyl (C=O) groups excluding carboxylic acids is 2. The first-order chi connectivity index (χ1) is 9.95. The van der Waals surface area contributed by atoms with Gasteiger partial charge in [-0.05, 0) is 18.3 Å². The third-order valence-electron chi connectivity index (χ3n) is 2.13. The van der Waals surface area contributed by atoms with Gasteiger partial charge in [-0.1, -0.05) is 12.1 Å². The summed E-state index contributed by atoms with van der Waals surface area (Å²) >= 11 is 4.73. The van der Waals surface area contributed by atoms with Crippen LogP contribution in [-0.4, -0.2) is 21.9 Å². The van der Waals surface area contributed by atoms with Crippen molar-refractivity contribution in [2.45, 2.75) is 6.42 Å². The van der Waals surface area contributed by atoms with Crippen molar-refractivity contribution in [3.63, 3.8) is 0 Å². The number of nitriles is 1. The minimum atomic E-state index is -0.797. The molecule has 0 bridgehead atoms. The van der Waals surface area contributed by atoms with Gasteiger partial charge in [-0.2, -0.15) is 5.26 Å². The molecule has 0 aliphatic carbocycles. The third-order valence-corrected chi connectivity index (χ3v) is 2.33. The number of hydrogen-bond donors (Lipinski definition) is 3. The highest BCUT2D eigenvalue weighted by Gasteiger charge is 2.19. The Balaban J connectivity index is 2.66. The minimum absolute atomic E-state index is 0.171. The highest BCUT2D eigenvalue weighted by Crippen LogP contribution is 2.17. The molecule has 1 aromatic carbocycles. The summed E-state index contributed by atoms with van der Waals surface area (Å²) in [5.41, 5.74) is 3.73. The summed E-state index contributed by atoms with van der Waals surface area (Å²) in [6.45, 7) is 0. The molecule has 0 saturated heterocycles. The van der Waals surface area contributed by atoms with Crippen LogP contribution in [0.5, 0.6) is 0 Å². The Bertz CT molecular complexity index is 640. The van der Waals surface area contributed by atoms with E-state index in [0.717, 1.165) is 0 Å². The van der Waals surface area contributed by atoms with E-state index in [1.165, 1.54) is 24.3 Å². The maximum atomic E-state index is 11.8. The van der Waals surface area contributed by atoms with Gasteiger partial charge in [0.1, 0.15) is 12.0 Å². The third kappa shape index (κ3) is 4.84. The highest BCUT2D eigenvalue weighted by molar-refractivity contribution is 7.80. The lowest BCUT2D eigenvalue weighted by molar-refractivity contribution is -0.385. The Hall–Kier alpha value is -3.06. The van der Waals surface area contributed by atoms with Crippen LogP contribution >= 0.6 is 12.2 Å². The number of hydrogen-bond acceptors (Lipinski definition) is 6. The molecule has 108 valence electrons. The molecule has 0 heterocycles. The Morgan fingerprint density at radius 2 is 2.00 bits per heavy atom. The normalized spacial score (nSPS) is 9.10. The van der Waals surface area contributed by atoms with Gasteiger partial charge in [-0.25, -0.2) is 0 Å². The van der Waals surface area contributed by atoms with Gasteiger partial charge in [0.05, 0.1) is 11.0 Å². The van der Waals surface area contributed by atoms with E-state index in [0.29, 0.717) is 0 Å². The maximum absolute atomic E-state index is 11.8. The van der Waals surface area contributed by atoms with E-state index in [1.807, 2.05) is 0 Å². The lowest BCUT2D eigenvalue weighted by atomic mass is 10.1. The van der Waals surface area contributed by atoms with E-state index in [9.17, 15) is 19.7 Å². The van der Waals surface area contributed by atoms with E-state index < -0.39 is 16.7 Å². The van der Waals surface area contributed by atoms with E-state index in [-0.39, 0.29) is 22.8 Å². The molecule has 1 aromatic rings. The van der Waals surface area contributed by atoms with Crippen LogP contribution in [-0.2, 0) is 4.79 Å². The number of thiocarbonyl (C=S) groups is 1. The predicted molar refractivity (Wildman–Crippen MR) is 74.7 cm³/mol. The van der Waals surface area contributed by atoms with Crippen LogP contribution in [0.1, 0.15) is 16.8 Å². The predicted octanol–water partition coefficient (Wildman–Crippen LogP) is 0.144. The number of rotatable bonds is 3. The summed E-state index contributed by atoms with van der Waals surface area (Å²) in [7, 11) is 0. The fourth-order valence-electron chi connectivity index (χ4n) is 1.27. The summed E-state index contributed by atoms with van der Waals surface area (Å²) in [4.78, 5) is 32.9. The van der Waals surface area contributed by atoms with E-state index >= 15 is 0 Å². The van der Waals surface area contributed by atoms with E-state index in [4.69, 9.17) is 17.5 Å². The van der Waals surface area contributed by atoms with E-state index in [1.54, 1.807) is 6.07 Å². The molecule has 2 amide bonds. The Morgan fingerprint density at radius 3 is 2.62 bits per heavy atom. The molecule has 3 N–H and O–H groups in total. The van der Waals surface area contributed by atoms with Gasteiger partial charge in [0.15, 0.2) is 5.11 Å². The van der Waals surface area contributed by atoms with Crippen molar-refractivity contribution in [2.75, 3.05) is 0 Å². The lowest BCUT2D eigenvalue weighted by Crippen LogP contribution is -2.48. The topological polar surface area (TPSA) is 137 Å². The number of nitro benzene ring substituents is 1. The molecule has 0 aliphatic heterocycles. The molecule has 21 heavy (non-hydrogen) atoms. The molecule has 0 unspecified atom stereocenters.